The van der Waals surface area contributed by atoms with Crippen molar-refractivity contribution in [1.82, 2.24) is 0 Å². The first kappa shape index (κ1) is 13.6. The van der Waals surface area contributed by atoms with Crippen LogP contribution in [0.5, 0.6) is 0 Å². The van der Waals surface area contributed by atoms with Crippen LogP contribution in [0, 0.1) is 5.41 Å². The Morgan fingerprint density at radius 1 is 1.25 bits per heavy atom. The van der Waals surface area contributed by atoms with E-state index in [2.05, 4.69) is 12.2 Å². The lowest BCUT2D eigenvalue weighted by Gasteiger charge is -2.26. The third kappa shape index (κ3) is 3.85. The molecule has 1 rings (SSSR count). The van der Waals surface area contributed by atoms with Crippen molar-refractivity contribution in [3.63, 3.8) is 0 Å². The molecule has 0 bridgehead atoms. The fraction of sp³-hybridized carbons (Fsp3) is 0.500. The van der Waals surface area contributed by atoms with Crippen LogP contribution in [0.3, 0.4) is 0 Å². The van der Waals surface area contributed by atoms with Gasteiger partial charge < -0.3 is 10.4 Å². The molecule has 0 heterocycles. The van der Waals surface area contributed by atoms with E-state index in [0.717, 1.165) is 12.1 Å². The number of anilines is 1. The molecule has 0 aliphatic carbocycles. The smallest absolute Gasteiger partial charge is 0.0501 e. The third-order valence-corrected chi connectivity index (χ3v) is 3.25. The Morgan fingerprint density at radius 3 is 2.25 bits per heavy atom. The number of benzene rings is 1. The van der Waals surface area contributed by atoms with E-state index < -0.39 is 0 Å². The molecule has 0 fully saturated rings. The first-order valence-corrected chi connectivity index (χ1v) is 6.05. The van der Waals surface area contributed by atoms with E-state index in [9.17, 15) is 5.11 Å². The number of hydrogen-bond acceptors (Lipinski definition) is 2. The molecule has 1 unspecified atom stereocenters. The summed E-state index contributed by atoms with van der Waals surface area (Å²) in [4.78, 5) is 0. The molecule has 0 saturated heterocycles. The van der Waals surface area contributed by atoms with Gasteiger partial charge in [-0.2, -0.15) is 0 Å². The lowest BCUT2D eigenvalue weighted by molar-refractivity contribution is 0.149. The highest BCUT2D eigenvalue weighted by atomic mass is 35.5. The molecule has 0 spiro atoms. The highest BCUT2D eigenvalue weighted by molar-refractivity contribution is 6.35. The molecule has 0 saturated carbocycles. The summed E-state index contributed by atoms with van der Waals surface area (Å²) in [5.41, 5.74) is 0.764. The third-order valence-electron chi connectivity index (χ3n) is 2.82. The number of aliphatic hydroxyl groups is 1. The second-order valence-electron chi connectivity index (χ2n) is 4.33. The second-order valence-corrected chi connectivity index (χ2v) is 5.21. The minimum absolute atomic E-state index is 0.116. The molecular weight excluding hydrogens is 245 g/mol. The normalized spacial score (nSPS) is 14.6. The molecule has 4 heteroatoms. The predicted molar refractivity (Wildman–Crippen MR) is 70.4 cm³/mol. The van der Waals surface area contributed by atoms with Gasteiger partial charge in [-0.25, -0.2) is 0 Å². The van der Waals surface area contributed by atoms with Crippen molar-refractivity contribution in [2.45, 2.75) is 20.3 Å². The minimum atomic E-state index is -0.116. The topological polar surface area (TPSA) is 32.3 Å². The van der Waals surface area contributed by atoms with Gasteiger partial charge in [0.15, 0.2) is 0 Å². The van der Waals surface area contributed by atoms with Crippen LogP contribution in [0.25, 0.3) is 0 Å². The standard InChI is InChI=1S/C12H17Cl2NO/c1-3-12(2,8-16)7-15-11-5-9(13)4-10(14)6-11/h4-6,15-16H,3,7-8H2,1-2H3. The molecule has 0 radical (unpaired) electrons. The highest BCUT2D eigenvalue weighted by Gasteiger charge is 2.20. The van der Waals surface area contributed by atoms with Crippen molar-refractivity contribution in [3.05, 3.63) is 28.2 Å². The van der Waals surface area contributed by atoms with E-state index in [0.29, 0.717) is 16.6 Å². The SMILES string of the molecule is CCC(C)(CO)CNc1cc(Cl)cc(Cl)c1. The van der Waals surface area contributed by atoms with Gasteiger partial charge in [0.1, 0.15) is 0 Å². The van der Waals surface area contributed by atoms with Crippen LogP contribution in [0.4, 0.5) is 5.69 Å². The predicted octanol–water partition coefficient (Wildman–Crippen LogP) is 3.81. The minimum Gasteiger partial charge on any atom is -0.396 e. The van der Waals surface area contributed by atoms with Crippen LogP contribution in [0.15, 0.2) is 18.2 Å². The molecule has 90 valence electrons. The van der Waals surface area contributed by atoms with E-state index in [1.807, 2.05) is 19.1 Å². The molecule has 1 aromatic rings. The first-order chi connectivity index (χ1) is 7.49. The van der Waals surface area contributed by atoms with Gasteiger partial charge in [-0.1, -0.05) is 37.0 Å². The van der Waals surface area contributed by atoms with Gasteiger partial charge in [-0.05, 0) is 24.6 Å². The summed E-state index contributed by atoms with van der Waals surface area (Å²) in [5.74, 6) is 0. The summed E-state index contributed by atoms with van der Waals surface area (Å²) < 4.78 is 0. The number of hydrogen-bond donors (Lipinski definition) is 2. The molecular formula is C12H17Cl2NO. The second kappa shape index (κ2) is 5.76. The van der Waals surface area contributed by atoms with Gasteiger partial charge in [0.2, 0.25) is 0 Å². The first-order valence-electron chi connectivity index (χ1n) is 5.30. The summed E-state index contributed by atoms with van der Waals surface area (Å²) in [6, 6.07) is 5.33. The van der Waals surface area contributed by atoms with E-state index in [4.69, 9.17) is 23.2 Å². The van der Waals surface area contributed by atoms with Gasteiger partial charge in [-0.3, -0.25) is 0 Å². The highest BCUT2D eigenvalue weighted by Crippen LogP contribution is 2.25. The lowest BCUT2D eigenvalue weighted by atomic mass is 9.88. The summed E-state index contributed by atoms with van der Waals surface area (Å²) in [7, 11) is 0. The van der Waals surface area contributed by atoms with Crippen molar-refractivity contribution in [2.24, 2.45) is 5.41 Å². The summed E-state index contributed by atoms with van der Waals surface area (Å²) in [6.45, 7) is 4.94. The summed E-state index contributed by atoms with van der Waals surface area (Å²) in [5, 5.41) is 13.7. The van der Waals surface area contributed by atoms with Crippen LogP contribution in [0.1, 0.15) is 20.3 Å². The Balaban J connectivity index is 2.67. The van der Waals surface area contributed by atoms with Crippen molar-refractivity contribution in [3.8, 4) is 0 Å². The molecule has 0 aliphatic heterocycles. The Labute approximate surface area is 107 Å². The van der Waals surface area contributed by atoms with E-state index in [1.54, 1.807) is 6.07 Å². The fourth-order valence-electron chi connectivity index (χ4n) is 1.26. The van der Waals surface area contributed by atoms with Crippen molar-refractivity contribution >= 4 is 28.9 Å². The Bertz CT molecular complexity index is 331. The molecule has 2 nitrogen and oxygen atoms in total. The van der Waals surface area contributed by atoms with Gasteiger partial charge in [-0.15, -0.1) is 0 Å². The average molecular weight is 262 g/mol. The number of aliphatic hydroxyl groups excluding tert-OH is 1. The Morgan fingerprint density at radius 2 is 1.81 bits per heavy atom. The van der Waals surface area contributed by atoms with Crippen molar-refractivity contribution in [2.75, 3.05) is 18.5 Å². The maximum atomic E-state index is 9.28. The molecule has 0 amide bonds. The van der Waals surface area contributed by atoms with Crippen molar-refractivity contribution in [1.29, 1.82) is 0 Å². The summed E-state index contributed by atoms with van der Waals surface area (Å²) in [6.07, 6.45) is 0.908. The average Bonchev–Trinajstić information content (AvgIpc) is 2.25. The molecule has 1 aromatic carbocycles. The lowest BCUT2D eigenvalue weighted by Crippen LogP contribution is -2.29. The number of nitrogens with one attached hydrogen (secondary N) is 1. The number of halogens is 2. The van der Waals surface area contributed by atoms with Crippen LogP contribution in [-0.2, 0) is 0 Å². The van der Waals surface area contributed by atoms with Crippen LogP contribution in [-0.4, -0.2) is 18.3 Å². The molecule has 1 atom stereocenters. The molecule has 0 aliphatic rings. The van der Waals surface area contributed by atoms with E-state index in [1.165, 1.54) is 0 Å². The monoisotopic (exact) mass is 261 g/mol. The molecule has 0 aromatic heterocycles. The fourth-order valence-corrected chi connectivity index (χ4v) is 1.79. The summed E-state index contributed by atoms with van der Waals surface area (Å²) >= 11 is 11.8. The zero-order valence-electron chi connectivity index (χ0n) is 9.56. The molecule has 16 heavy (non-hydrogen) atoms. The maximum Gasteiger partial charge on any atom is 0.0501 e. The van der Waals surface area contributed by atoms with Crippen LogP contribution < -0.4 is 5.32 Å². The van der Waals surface area contributed by atoms with Gasteiger partial charge >= 0.3 is 0 Å². The van der Waals surface area contributed by atoms with Crippen LogP contribution >= 0.6 is 23.2 Å². The van der Waals surface area contributed by atoms with E-state index in [-0.39, 0.29) is 12.0 Å². The van der Waals surface area contributed by atoms with Gasteiger partial charge in [0.05, 0.1) is 6.61 Å². The number of rotatable bonds is 5. The molecule has 2 N–H and O–H groups in total. The largest absolute Gasteiger partial charge is 0.396 e. The van der Waals surface area contributed by atoms with Crippen LogP contribution in [0.2, 0.25) is 10.0 Å². The Kier molecular flexibility index (Phi) is 4.90. The zero-order valence-corrected chi connectivity index (χ0v) is 11.1. The van der Waals surface area contributed by atoms with Gasteiger partial charge in [0.25, 0.3) is 0 Å². The quantitative estimate of drug-likeness (QED) is 0.845. The van der Waals surface area contributed by atoms with Crippen molar-refractivity contribution < 1.29 is 5.11 Å². The zero-order chi connectivity index (χ0) is 12.2. The van der Waals surface area contributed by atoms with Gasteiger partial charge in [0, 0.05) is 27.7 Å². The Hall–Kier alpha value is -0.440. The maximum absolute atomic E-state index is 9.28. The van der Waals surface area contributed by atoms with E-state index >= 15 is 0 Å².